The van der Waals surface area contributed by atoms with E-state index < -0.39 is 0 Å². The Morgan fingerprint density at radius 1 is 1.27 bits per heavy atom. The minimum Gasteiger partial charge on any atom is -0.356 e. The van der Waals surface area contributed by atoms with Crippen LogP contribution in [0.5, 0.6) is 0 Å². The maximum Gasteiger partial charge on any atom is 0.317 e. The standard InChI is InChI=1S/C20H30FN3O2/c1-5-6-10-22-18(25)17-13-24(19(26)23-20(2,3)4)12-16(17)14-8-7-9-15(21)11-14/h7-9,11,16-17H,5-6,10,12-13H2,1-4H3,(H,22,25)(H,23,26)/t16-,17-/m1/s1. The Kier molecular flexibility index (Phi) is 6.62. The Hall–Kier alpha value is -2.11. The molecule has 1 aliphatic heterocycles. The first-order valence-electron chi connectivity index (χ1n) is 9.31. The summed E-state index contributed by atoms with van der Waals surface area (Å²) in [6, 6.07) is 6.13. The second-order valence-corrected chi connectivity index (χ2v) is 8.00. The molecule has 2 atom stereocenters. The van der Waals surface area contributed by atoms with Crippen molar-refractivity contribution in [2.24, 2.45) is 5.92 Å². The average molecular weight is 363 g/mol. The maximum atomic E-state index is 13.7. The molecule has 2 N–H and O–H groups in total. The highest BCUT2D eigenvalue weighted by Gasteiger charge is 2.40. The van der Waals surface area contributed by atoms with E-state index in [1.807, 2.05) is 26.8 Å². The molecule has 26 heavy (non-hydrogen) atoms. The van der Waals surface area contributed by atoms with E-state index in [1.54, 1.807) is 11.0 Å². The van der Waals surface area contributed by atoms with Crippen molar-refractivity contribution in [1.82, 2.24) is 15.5 Å². The lowest BCUT2D eigenvalue weighted by Gasteiger charge is -2.25. The molecule has 1 fully saturated rings. The number of unbranched alkanes of at least 4 members (excludes halogenated alkanes) is 1. The molecule has 2 rings (SSSR count). The van der Waals surface area contributed by atoms with Crippen LogP contribution in [0.4, 0.5) is 9.18 Å². The van der Waals surface area contributed by atoms with E-state index in [0.29, 0.717) is 19.6 Å². The lowest BCUT2D eigenvalue weighted by Crippen LogP contribution is -2.48. The fourth-order valence-electron chi connectivity index (χ4n) is 3.23. The van der Waals surface area contributed by atoms with Gasteiger partial charge in [0.25, 0.3) is 0 Å². The van der Waals surface area contributed by atoms with Crippen molar-refractivity contribution >= 4 is 11.9 Å². The minimum atomic E-state index is -0.376. The van der Waals surface area contributed by atoms with Crippen molar-refractivity contribution in [3.63, 3.8) is 0 Å². The van der Waals surface area contributed by atoms with Gasteiger partial charge in [0.15, 0.2) is 0 Å². The Balaban J connectivity index is 2.18. The normalized spacial score (nSPS) is 20.1. The molecule has 0 aliphatic carbocycles. The first-order valence-corrected chi connectivity index (χ1v) is 9.31. The maximum absolute atomic E-state index is 13.7. The molecule has 0 radical (unpaired) electrons. The van der Waals surface area contributed by atoms with Gasteiger partial charge < -0.3 is 15.5 Å². The number of carbonyl (C=O) groups is 2. The van der Waals surface area contributed by atoms with Crippen LogP contribution in [0.25, 0.3) is 0 Å². The zero-order valence-electron chi connectivity index (χ0n) is 16.1. The number of carbonyl (C=O) groups excluding carboxylic acids is 2. The SMILES string of the molecule is CCCCNC(=O)[C@@H]1CN(C(=O)NC(C)(C)C)C[C@@H]1c1cccc(F)c1. The van der Waals surface area contributed by atoms with Gasteiger partial charge in [-0.05, 0) is 44.9 Å². The minimum absolute atomic E-state index is 0.0706. The van der Waals surface area contributed by atoms with Gasteiger partial charge in [0.05, 0.1) is 5.92 Å². The van der Waals surface area contributed by atoms with Crippen molar-refractivity contribution in [3.8, 4) is 0 Å². The highest BCUT2D eigenvalue weighted by molar-refractivity contribution is 5.83. The second kappa shape index (κ2) is 8.52. The van der Waals surface area contributed by atoms with Crippen molar-refractivity contribution in [2.75, 3.05) is 19.6 Å². The summed E-state index contributed by atoms with van der Waals surface area (Å²) in [7, 11) is 0. The van der Waals surface area contributed by atoms with Crippen molar-refractivity contribution in [3.05, 3.63) is 35.6 Å². The highest BCUT2D eigenvalue weighted by atomic mass is 19.1. The molecule has 1 saturated heterocycles. The van der Waals surface area contributed by atoms with Gasteiger partial charge in [0.2, 0.25) is 5.91 Å². The molecule has 144 valence electrons. The van der Waals surface area contributed by atoms with E-state index in [2.05, 4.69) is 17.6 Å². The van der Waals surface area contributed by atoms with Crippen LogP contribution in [0.2, 0.25) is 0 Å². The molecule has 1 aromatic rings. The zero-order chi connectivity index (χ0) is 19.3. The van der Waals surface area contributed by atoms with Crippen molar-refractivity contribution < 1.29 is 14.0 Å². The molecule has 5 nitrogen and oxygen atoms in total. The Morgan fingerprint density at radius 3 is 2.62 bits per heavy atom. The van der Waals surface area contributed by atoms with Gasteiger partial charge >= 0.3 is 6.03 Å². The number of hydrogen-bond acceptors (Lipinski definition) is 2. The molecule has 1 aromatic carbocycles. The third kappa shape index (κ3) is 5.44. The van der Waals surface area contributed by atoms with Crippen LogP contribution in [0.1, 0.15) is 52.0 Å². The van der Waals surface area contributed by atoms with Gasteiger partial charge in [-0.25, -0.2) is 9.18 Å². The summed E-state index contributed by atoms with van der Waals surface area (Å²) in [5, 5.41) is 5.89. The number of nitrogens with one attached hydrogen (secondary N) is 2. The number of benzene rings is 1. The molecule has 0 unspecified atom stereocenters. The average Bonchev–Trinajstić information content (AvgIpc) is 2.99. The third-order valence-corrected chi connectivity index (χ3v) is 4.53. The number of hydrogen-bond donors (Lipinski definition) is 2. The molecule has 1 aliphatic rings. The van der Waals surface area contributed by atoms with Crippen LogP contribution >= 0.6 is 0 Å². The van der Waals surface area contributed by atoms with Crippen LogP contribution < -0.4 is 10.6 Å². The van der Waals surface area contributed by atoms with Crippen LogP contribution in [0.15, 0.2) is 24.3 Å². The lowest BCUT2D eigenvalue weighted by molar-refractivity contribution is -0.124. The van der Waals surface area contributed by atoms with E-state index in [1.165, 1.54) is 12.1 Å². The number of rotatable bonds is 5. The molecular formula is C20H30FN3O2. The third-order valence-electron chi connectivity index (χ3n) is 4.53. The van der Waals surface area contributed by atoms with E-state index in [0.717, 1.165) is 18.4 Å². The van der Waals surface area contributed by atoms with E-state index in [-0.39, 0.29) is 35.1 Å². The molecular weight excluding hydrogens is 333 g/mol. The molecule has 0 aromatic heterocycles. The number of likely N-dealkylation sites (tertiary alicyclic amines) is 1. The zero-order valence-corrected chi connectivity index (χ0v) is 16.1. The summed E-state index contributed by atoms with van der Waals surface area (Å²) >= 11 is 0. The Bertz CT molecular complexity index is 642. The predicted molar refractivity (Wildman–Crippen MR) is 100 cm³/mol. The first-order chi connectivity index (χ1) is 12.2. The van der Waals surface area contributed by atoms with E-state index in [4.69, 9.17) is 0 Å². The number of halogens is 1. The topological polar surface area (TPSA) is 61.4 Å². The second-order valence-electron chi connectivity index (χ2n) is 8.00. The van der Waals surface area contributed by atoms with Gasteiger partial charge in [-0.1, -0.05) is 25.5 Å². The van der Waals surface area contributed by atoms with Crippen molar-refractivity contribution in [1.29, 1.82) is 0 Å². The summed E-state index contributed by atoms with van der Waals surface area (Å²) in [6.45, 7) is 9.17. The smallest absolute Gasteiger partial charge is 0.317 e. The number of amides is 3. The molecule has 1 heterocycles. The quantitative estimate of drug-likeness (QED) is 0.789. The van der Waals surface area contributed by atoms with Gasteiger partial charge in [0, 0.05) is 31.1 Å². The Labute approximate surface area is 155 Å². The Morgan fingerprint density at radius 2 is 2.00 bits per heavy atom. The largest absolute Gasteiger partial charge is 0.356 e. The highest BCUT2D eigenvalue weighted by Crippen LogP contribution is 2.33. The predicted octanol–water partition coefficient (Wildman–Crippen LogP) is 3.27. The summed E-state index contributed by atoms with van der Waals surface area (Å²) < 4.78 is 13.7. The number of urea groups is 1. The molecule has 0 saturated carbocycles. The van der Waals surface area contributed by atoms with Crippen LogP contribution in [0.3, 0.4) is 0 Å². The molecule has 0 spiro atoms. The van der Waals surface area contributed by atoms with Gasteiger partial charge in [-0.3, -0.25) is 4.79 Å². The van der Waals surface area contributed by atoms with Gasteiger partial charge in [0.1, 0.15) is 5.82 Å². The van der Waals surface area contributed by atoms with Crippen LogP contribution in [0, 0.1) is 11.7 Å². The summed E-state index contributed by atoms with van der Waals surface area (Å²) in [5.41, 5.74) is 0.402. The van der Waals surface area contributed by atoms with Gasteiger partial charge in [-0.2, -0.15) is 0 Å². The van der Waals surface area contributed by atoms with Crippen molar-refractivity contribution in [2.45, 2.75) is 52.0 Å². The first kappa shape index (κ1) is 20.2. The molecule has 3 amide bonds. The fraction of sp³-hybridized carbons (Fsp3) is 0.600. The summed E-state index contributed by atoms with van der Waals surface area (Å²) in [4.78, 5) is 26.9. The molecule has 6 heteroatoms. The molecule has 0 bridgehead atoms. The van der Waals surface area contributed by atoms with Crippen LogP contribution in [-0.4, -0.2) is 42.0 Å². The lowest BCUT2D eigenvalue weighted by atomic mass is 9.88. The van der Waals surface area contributed by atoms with E-state index >= 15 is 0 Å². The van der Waals surface area contributed by atoms with Crippen LogP contribution in [-0.2, 0) is 4.79 Å². The monoisotopic (exact) mass is 363 g/mol. The summed E-state index contributed by atoms with van der Waals surface area (Å²) in [5.74, 6) is -0.985. The van der Waals surface area contributed by atoms with Gasteiger partial charge in [-0.15, -0.1) is 0 Å². The fourth-order valence-corrected chi connectivity index (χ4v) is 3.23. The number of nitrogens with zero attached hydrogens (tertiary/aromatic N) is 1. The van der Waals surface area contributed by atoms with E-state index in [9.17, 15) is 14.0 Å². The summed E-state index contributed by atoms with van der Waals surface area (Å²) in [6.07, 6.45) is 1.91.